The SMILES string of the molecule is COC(=O)CCCCCO[C@H]1O[C@H](C)[C@@H](NC(=O)[C@@H](CCOC(C)=O)OC(C)=O)[C@H](OCc2ccccc2)[C@@H]1O[C@H]1O[C@H](C)[C@@H](NC(=O)[C@@H](CCOC(C)=O)OC(C)=O)[C@H](OCc2ccccc2)[C@@H]1O[C@H]1O[C@H](C)[C@@H](NC(=O)[C@@H](CCOC(C)=O)OC(C)=O)[C@H](OCc2ccccc2)[C@@H]1O[C@H]1O[C@H](C)[C@@H](NC(=O)[C@@H](CCOC(C)=O)OC(C)=O)[C@H](OCc2ccccc2)[C@@H]1OC(=O)CCC(C)=O. The van der Waals surface area contributed by atoms with Crippen molar-refractivity contribution in [2.45, 2.75) is 328 Å². The van der Waals surface area contributed by atoms with Crippen LogP contribution in [0.3, 0.4) is 0 Å². The zero-order valence-corrected chi connectivity index (χ0v) is 79.4. The number of unbranched alkanes of at least 4 members (excludes halogenated alkanes) is 2. The van der Waals surface area contributed by atoms with Crippen LogP contribution in [0.5, 0.6) is 0 Å². The molecule has 4 aliphatic heterocycles. The summed E-state index contributed by atoms with van der Waals surface area (Å²) < 4.78 is 141. The van der Waals surface area contributed by atoms with Crippen molar-refractivity contribution >= 4 is 89.1 Å². The Hall–Kier alpha value is -11.3. The molecule has 0 aliphatic carbocycles. The number of esters is 10. The summed E-state index contributed by atoms with van der Waals surface area (Å²) in [7, 11) is 1.26. The van der Waals surface area contributed by atoms with Gasteiger partial charge in [0.2, 0.25) is 0 Å². The van der Waals surface area contributed by atoms with E-state index in [1.54, 1.807) is 128 Å². The highest BCUT2D eigenvalue weighted by atomic mass is 16.8. The van der Waals surface area contributed by atoms with Crippen LogP contribution in [0, 0.1) is 0 Å². The molecule has 4 saturated heterocycles. The van der Waals surface area contributed by atoms with E-state index in [4.69, 9.17) is 104 Å². The van der Waals surface area contributed by atoms with E-state index < -0.39 is 275 Å². The second kappa shape index (κ2) is 57.1. The van der Waals surface area contributed by atoms with Crippen LogP contribution in [0.15, 0.2) is 121 Å². The highest BCUT2D eigenvalue weighted by Gasteiger charge is 2.59. The summed E-state index contributed by atoms with van der Waals surface area (Å²) in [5.41, 5.74) is 2.14. The van der Waals surface area contributed by atoms with Gasteiger partial charge in [-0.25, -0.2) is 0 Å². The number of methoxy groups -OCH3 is 1. The molecule has 4 aromatic rings. The number of rotatable bonds is 53. The van der Waals surface area contributed by atoms with E-state index in [0.717, 1.165) is 55.4 Å². The summed E-state index contributed by atoms with van der Waals surface area (Å²) in [6, 6.07) is 28.7. The zero-order chi connectivity index (χ0) is 99.8. The second-order valence-electron chi connectivity index (χ2n) is 33.1. The number of carbonyl (C=O) groups is 15. The van der Waals surface area contributed by atoms with Gasteiger partial charge in [-0.3, -0.25) is 67.1 Å². The first-order valence-corrected chi connectivity index (χ1v) is 45.5. The zero-order valence-electron chi connectivity index (χ0n) is 79.4. The molecule has 4 heterocycles. The minimum atomic E-state index is -2.10. The van der Waals surface area contributed by atoms with Crippen LogP contribution in [0.1, 0.15) is 176 Å². The molecule has 137 heavy (non-hydrogen) atoms. The maximum Gasteiger partial charge on any atom is 0.306 e. The average molecular weight is 1930 g/mol. The van der Waals surface area contributed by atoms with Gasteiger partial charge < -0.3 is 130 Å². The average Bonchev–Trinajstić information content (AvgIpc) is 0.828. The highest BCUT2D eigenvalue weighted by molar-refractivity contribution is 5.86. The number of nitrogens with one attached hydrogen (secondary N) is 4. The first kappa shape index (κ1) is 111. The van der Waals surface area contributed by atoms with Gasteiger partial charge in [-0.1, -0.05) is 128 Å². The topological polar surface area (TPSA) is 507 Å². The van der Waals surface area contributed by atoms with Gasteiger partial charge >= 0.3 is 59.7 Å². The third-order valence-electron chi connectivity index (χ3n) is 22.1. The van der Waals surface area contributed by atoms with E-state index in [1.165, 1.54) is 34.8 Å². The number of ether oxygens (including phenoxy) is 22. The minimum Gasteiger partial charge on any atom is -0.469 e. The van der Waals surface area contributed by atoms with E-state index in [1.807, 2.05) is 0 Å². The van der Waals surface area contributed by atoms with Gasteiger partial charge in [0, 0.05) is 101 Å². The van der Waals surface area contributed by atoms with Crippen molar-refractivity contribution in [1.82, 2.24) is 21.3 Å². The summed E-state index contributed by atoms with van der Waals surface area (Å²) in [6.07, 6.45) is -35.2. The Bertz CT molecular complexity index is 4560. The molecule has 41 nitrogen and oxygen atoms in total. The lowest BCUT2D eigenvalue weighted by Gasteiger charge is -2.52. The number of hydrogen-bond donors (Lipinski definition) is 4. The first-order valence-electron chi connectivity index (χ1n) is 45.5. The number of hydrogen-bond acceptors (Lipinski definition) is 37. The summed E-state index contributed by atoms with van der Waals surface area (Å²) in [5, 5.41) is 11.7. The molecule has 4 fully saturated rings. The Kier molecular flexibility index (Phi) is 46.3. The lowest BCUT2D eigenvalue weighted by Crippen LogP contribution is -2.71. The standard InChI is InChI=1S/C96H128N4O37/c1-54(101)39-40-76(111)134-86-82(123-51-68-32-22-16-23-33-68)78(98-90(113)72(131-64(11)107)42-47-118-60(7)103)56(3)127-94(86)136-88-84(125-53-70-36-26-18-27-37-70)80(100-92(115)74(133-66(13)109)44-49-120-62(9)105)58(5)129-96(88)137-87-83(124-52-69-34-24-17-25-35-69)79(99-91(114)73(132-65(12)108)43-48-119-61(8)104)57(4)128-95(87)135-85-81(122-50-67-30-20-15-21-31-67)77(97-89(112)71(130-63(10)106)41-46-117-59(6)102)55(2)126-93(85)121-45-29-19-28-38-75(110)116-14/h15-18,20-27,30-37,55-58,71-74,77-88,93-96H,19,28-29,38-53H2,1-14H3,(H,97,112)(H,98,113)(H,99,114)(H,100,115)/t55-,56-,57-,58-,71-,72-,73-,74-,77-,78-,79-,80-,81+,82+,83+,84+,85+,86+,87+,88+,93+,94-,95-,96-/m1/s1. The number of Topliss-reactive ketones (excluding diaryl/α,β-unsaturated/α-hetero) is 1. The molecule has 24 atom stereocenters. The van der Waals surface area contributed by atoms with Gasteiger partial charge in [0.1, 0.15) is 48.5 Å². The van der Waals surface area contributed by atoms with Crippen molar-refractivity contribution < 1.29 is 176 Å². The van der Waals surface area contributed by atoms with Crippen molar-refractivity contribution in [3.63, 3.8) is 0 Å². The summed E-state index contributed by atoms with van der Waals surface area (Å²) in [6.45, 7) is 13.1. The molecule has 41 heteroatoms. The van der Waals surface area contributed by atoms with Gasteiger partial charge in [0.15, 0.2) is 55.7 Å². The predicted molar refractivity (Wildman–Crippen MR) is 473 cm³/mol. The summed E-state index contributed by atoms with van der Waals surface area (Å²) >= 11 is 0. The molecule has 0 radical (unpaired) electrons. The van der Waals surface area contributed by atoms with Crippen molar-refractivity contribution in [2.24, 2.45) is 0 Å². The number of ketones is 1. The molecule has 0 aromatic heterocycles. The van der Waals surface area contributed by atoms with E-state index >= 15 is 14.4 Å². The van der Waals surface area contributed by atoms with Gasteiger partial charge in [-0.05, 0) is 69.7 Å². The summed E-state index contributed by atoms with van der Waals surface area (Å²) in [4.78, 5) is 202. The Balaban J connectivity index is 1.44. The Labute approximate surface area is 794 Å². The molecule has 0 bridgehead atoms. The first-order chi connectivity index (χ1) is 65.4. The largest absolute Gasteiger partial charge is 0.469 e. The van der Waals surface area contributed by atoms with Crippen LogP contribution in [0.4, 0.5) is 0 Å². The molecule has 4 N–H and O–H groups in total. The molecular weight excluding hydrogens is 1800 g/mol. The lowest BCUT2D eigenvalue weighted by atomic mass is 9.92. The molecule has 754 valence electrons. The Morgan fingerprint density at radius 1 is 0.292 bits per heavy atom. The molecule has 0 spiro atoms. The van der Waals surface area contributed by atoms with Crippen LogP contribution >= 0.6 is 0 Å². The minimum absolute atomic E-state index is 0.0627. The van der Waals surface area contributed by atoms with Crippen LogP contribution < -0.4 is 21.3 Å². The monoisotopic (exact) mass is 1930 g/mol. The summed E-state index contributed by atoms with van der Waals surface area (Å²) in [5.74, 6) is -12.3. The molecule has 0 saturated carbocycles. The van der Waals surface area contributed by atoms with E-state index in [0.29, 0.717) is 35.1 Å². The normalized spacial score (nSPS) is 25.4. The third kappa shape index (κ3) is 37.2. The van der Waals surface area contributed by atoms with Crippen molar-refractivity contribution in [1.29, 1.82) is 0 Å². The fourth-order valence-electron chi connectivity index (χ4n) is 15.5. The molecule has 0 unspecified atom stereocenters. The molecule has 4 aliphatic rings. The fraction of sp³-hybridized carbons (Fsp3) is 0.594. The highest BCUT2D eigenvalue weighted by Crippen LogP contribution is 2.40. The van der Waals surface area contributed by atoms with Gasteiger partial charge in [-0.2, -0.15) is 0 Å². The maximum absolute atomic E-state index is 15.4. The van der Waals surface area contributed by atoms with Gasteiger partial charge in [-0.15, -0.1) is 0 Å². The quantitative estimate of drug-likeness (QED) is 0.0224. The number of carbonyl (C=O) groups excluding carboxylic acids is 15. The fourth-order valence-corrected chi connectivity index (χ4v) is 15.5. The Morgan fingerprint density at radius 3 is 0.832 bits per heavy atom. The predicted octanol–water partition coefficient (Wildman–Crippen LogP) is 5.97. The van der Waals surface area contributed by atoms with Crippen LogP contribution in [0.2, 0.25) is 0 Å². The smallest absolute Gasteiger partial charge is 0.306 e. The lowest BCUT2D eigenvalue weighted by molar-refractivity contribution is -0.394. The van der Waals surface area contributed by atoms with Crippen LogP contribution in [0.25, 0.3) is 0 Å². The number of benzene rings is 4. The van der Waals surface area contributed by atoms with Crippen molar-refractivity contribution in [3.8, 4) is 0 Å². The molecular formula is C96H128N4O37. The van der Waals surface area contributed by atoms with Crippen molar-refractivity contribution in [2.75, 3.05) is 40.1 Å². The van der Waals surface area contributed by atoms with E-state index in [9.17, 15) is 57.5 Å². The van der Waals surface area contributed by atoms with Crippen LogP contribution in [-0.2, 0) is 203 Å². The molecule has 8 rings (SSSR count). The molecule has 4 aromatic carbocycles. The maximum atomic E-state index is 15.4. The number of amides is 4. The van der Waals surface area contributed by atoms with Crippen molar-refractivity contribution in [3.05, 3.63) is 144 Å². The van der Waals surface area contributed by atoms with Gasteiger partial charge in [0.05, 0.1) is 115 Å². The molecule has 4 amide bonds. The second-order valence-corrected chi connectivity index (χ2v) is 33.1. The van der Waals surface area contributed by atoms with Gasteiger partial charge in [0.25, 0.3) is 23.6 Å². The van der Waals surface area contributed by atoms with E-state index in [2.05, 4.69) is 21.3 Å². The Morgan fingerprint density at radius 2 is 0.562 bits per heavy atom. The van der Waals surface area contributed by atoms with Crippen LogP contribution in [-0.4, -0.2) is 276 Å². The van der Waals surface area contributed by atoms with E-state index in [-0.39, 0.29) is 71.7 Å². The third-order valence-corrected chi connectivity index (χ3v) is 22.1.